The summed E-state index contributed by atoms with van der Waals surface area (Å²) in [6.07, 6.45) is 1.22. The highest BCUT2D eigenvalue weighted by atomic mass is 79.9. The number of anilines is 1. The van der Waals surface area contributed by atoms with Crippen LogP contribution in [0.5, 0.6) is 0 Å². The van der Waals surface area contributed by atoms with Gasteiger partial charge in [0.2, 0.25) is 11.8 Å². The van der Waals surface area contributed by atoms with E-state index in [1.54, 1.807) is 0 Å². The van der Waals surface area contributed by atoms with Crippen molar-refractivity contribution in [2.45, 2.75) is 19.8 Å². The molecule has 18 heavy (non-hydrogen) atoms. The minimum Gasteiger partial charge on any atom is -0.403 e. The molecule has 5 nitrogen and oxygen atoms in total. The quantitative estimate of drug-likeness (QED) is 0.941. The summed E-state index contributed by atoms with van der Waals surface area (Å²) in [6, 6.07) is 7.61. The molecule has 2 rings (SSSR count). The van der Waals surface area contributed by atoms with Gasteiger partial charge in [0.15, 0.2) is 0 Å². The summed E-state index contributed by atoms with van der Waals surface area (Å²) >= 11 is 3.35. The van der Waals surface area contributed by atoms with Gasteiger partial charge in [0.05, 0.1) is 0 Å². The standard InChI is InChI=1S/C12H12BrN3O2/c1-2-3-10(17)14-12-16-15-11(18-12)8-4-6-9(13)7-5-8/h4-7H,2-3H2,1H3,(H,14,16,17). The van der Waals surface area contributed by atoms with Gasteiger partial charge in [-0.05, 0) is 30.7 Å². The summed E-state index contributed by atoms with van der Waals surface area (Å²) in [5, 5.41) is 10.2. The van der Waals surface area contributed by atoms with E-state index in [1.807, 2.05) is 31.2 Å². The lowest BCUT2D eigenvalue weighted by molar-refractivity contribution is -0.116. The van der Waals surface area contributed by atoms with E-state index in [4.69, 9.17) is 4.42 Å². The maximum absolute atomic E-state index is 11.4. The first kappa shape index (κ1) is 12.8. The first-order valence-corrected chi connectivity index (χ1v) is 6.37. The van der Waals surface area contributed by atoms with Crippen LogP contribution in [0.15, 0.2) is 33.2 Å². The summed E-state index contributed by atoms with van der Waals surface area (Å²) in [6.45, 7) is 1.93. The second-order valence-electron chi connectivity index (χ2n) is 3.72. The molecule has 1 aromatic heterocycles. The van der Waals surface area contributed by atoms with Gasteiger partial charge in [0.1, 0.15) is 0 Å². The topological polar surface area (TPSA) is 68.0 Å². The lowest BCUT2D eigenvalue weighted by Gasteiger charge is -1.97. The largest absolute Gasteiger partial charge is 0.403 e. The third-order valence-electron chi connectivity index (χ3n) is 2.24. The first-order valence-electron chi connectivity index (χ1n) is 5.58. The van der Waals surface area contributed by atoms with Gasteiger partial charge in [0, 0.05) is 16.5 Å². The fourth-order valence-electron chi connectivity index (χ4n) is 1.39. The van der Waals surface area contributed by atoms with Crippen molar-refractivity contribution < 1.29 is 9.21 Å². The fraction of sp³-hybridized carbons (Fsp3) is 0.250. The van der Waals surface area contributed by atoms with E-state index in [1.165, 1.54) is 0 Å². The average Bonchev–Trinajstić information content (AvgIpc) is 2.78. The zero-order chi connectivity index (χ0) is 13.0. The molecule has 0 aliphatic carbocycles. The van der Waals surface area contributed by atoms with Crippen molar-refractivity contribution >= 4 is 27.9 Å². The molecule has 6 heteroatoms. The third-order valence-corrected chi connectivity index (χ3v) is 2.77. The molecular formula is C12H12BrN3O2. The van der Waals surface area contributed by atoms with Crippen LogP contribution < -0.4 is 5.32 Å². The molecule has 1 heterocycles. The van der Waals surface area contributed by atoms with Gasteiger partial charge in [-0.3, -0.25) is 10.1 Å². The Kier molecular flexibility index (Phi) is 4.09. The van der Waals surface area contributed by atoms with Crippen LogP contribution in [-0.4, -0.2) is 16.1 Å². The van der Waals surface area contributed by atoms with Gasteiger partial charge in [-0.15, -0.1) is 5.10 Å². The molecule has 0 saturated carbocycles. The predicted octanol–water partition coefficient (Wildman–Crippen LogP) is 3.24. The molecule has 0 unspecified atom stereocenters. The number of aromatic nitrogens is 2. The molecule has 0 radical (unpaired) electrons. The molecule has 1 amide bonds. The van der Waals surface area contributed by atoms with Crippen LogP contribution >= 0.6 is 15.9 Å². The zero-order valence-corrected chi connectivity index (χ0v) is 11.4. The predicted molar refractivity (Wildman–Crippen MR) is 71.0 cm³/mol. The van der Waals surface area contributed by atoms with Gasteiger partial charge in [-0.1, -0.05) is 28.0 Å². The Morgan fingerprint density at radius 3 is 2.72 bits per heavy atom. The molecule has 94 valence electrons. The highest BCUT2D eigenvalue weighted by Gasteiger charge is 2.10. The van der Waals surface area contributed by atoms with Crippen LogP contribution in [0.4, 0.5) is 6.01 Å². The molecule has 0 fully saturated rings. The number of carbonyl (C=O) groups excluding carboxylic acids is 1. The minimum atomic E-state index is -0.122. The molecule has 1 N–H and O–H groups in total. The minimum absolute atomic E-state index is 0.122. The Morgan fingerprint density at radius 2 is 2.06 bits per heavy atom. The van der Waals surface area contributed by atoms with E-state index in [9.17, 15) is 4.79 Å². The van der Waals surface area contributed by atoms with Crippen LogP contribution in [0.2, 0.25) is 0 Å². The highest BCUT2D eigenvalue weighted by Crippen LogP contribution is 2.21. The van der Waals surface area contributed by atoms with Crippen molar-refractivity contribution in [2.75, 3.05) is 5.32 Å². The van der Waals surface area contributed by atoms with Gasteiger partial charge >= 0.3 is 6.01 Å². The smallest absolute Gasteiger partial charge is 0.322 e. The SMILES string of the molecule is CCCC(=O)Nc1nnc(-c2ccc(Br)cc2)o1. The molecule has 0 spiro atoms. The Hall–Kier alpha value is -1.69. The summed E-state index contributed by atoms with van der Waals surface area (Å²) < 4.78 is 6.33. The van der Waals surface area contributed by atoms with Crippen molar-refractivity contribution in [3.8, 4) is 11.5 Å². The van der Waals surface area contributed by atoms with E-state index in [0.717, 1.165) is 16.5 Å². The molecule has 0 aliphatic heterocycles. The van der Waals surface area contributed by atoms with Gasteiger partial charge in [-0.2, -0.15) is 0 Å². The molecule has 1 aromatic carbocycles. The van der Waals surface area contributed by atoms with Crippen molar-refractivity contribution in [1.29, 1.82) is 0 Å². The van der Waals surface area contributed by atoms with E-state index in [2.05, 4.69) is 31.4 Å². The maximum atomic E-state index is 11.4. The Labute approximate surface area is 113 Å². The number of nitrogens with one attached hydrogen (secondary N) is 1. The monoisotopic (exact) mass is 309 g/mol. The summed E-state index contributed by atoms with van der Waals surface area (Å²) in [7, 11) is 0. The molecule has 0 saturated heterocycles. The van der Waals surface area contributed by atoms with Crippen molar-refractivity contribution in [2.24, 2.45) is 0 Å². The van der Waals surface area contributed by atoms with Crippen LogP contribution in [-0.2, 0) is 4.79 Å². The molecule has 0 aliphatic rings. The van der Waals surface area contributed by atoms with Crippen molar-refractivity contribution in [3.05, 3.63) is 28.7 Å². The second kappa shape index (κ2) is 5.77. The van der Waals surface area contributed by atoms with E-state index < -0.39 is 0 Å². The lowest BCUT2D eigenvalue weighted by Crippen LogP contribution is -2.10. The second-order valence-corrected chi connectivity index (χ2v) is 4.63. The van der Waals surface area contributed by atoms with Crippen molar-refractivity contribution in [1.82, 2.24) is 10.2 Å². The van der Waals surface area contributed by atoms with Crippen molar-refractivity contribution in [3.63, 3.8) is 0 Å². The number of hydrogen-bond donors (Lipinski definition) is 1. The Balaban J connectivity index is 2.10. The van der Waals surface area contributed by atoms with Crippen LogP contribution in [0, 0.1) is 0 Å². The van der Waals surface area contributed by atoms with E-state index in [0.29, 0.717) is 12.3 Å². The number of rotatable bonds is 4. The average molecular weight is 310 g/mol. The van der Waals surface area contributed by atoms with Gasteiger partial charge in [0.25, 0.3) is 0 Å². The lowest BCUT2D eigenvalue weighted by atomic mass is 10.2. The Bertz CT molecular complexity index is 537. The highest BCUT2D eigenvalue weighted by molar-refractivity contribution is 9.10. The Morgan fingerprint density at radius 1 is 1.33 bits per heavy atom. The number of hydrogen-bond acceptors (Lipinski definition) is 4. The zero-order valence-electron chi connectivity index (χ0n) is 9.81. The van der Waals surface area contributed by atoms with Gasteiger partial charge in [-0.25, -0.2) is 0 Å². The molecule has 0 bridgehead atoms. The van der Waals surface area contributed by atoms with E-state index >= 15 is 0 Å². The number of amides is 1. The van der Waals surface area contributed by atoms with Crippen LogP contribution in [0.3, 0.4) is 0 Å². The number of nitrogens with zero attached hydrogens (tertiary/aromatic N) is 2. The normalized spacial score (nSPS) is 10.3. The molecule has 2 aromatic rings. The third kappa shape index (κ3) is 3.16. The summed E-state index contributed by atoms with van der Waals surface area (Å²) in [5.74, 6) is 0.262. The molecular weight excluding hydrogens is 298 g/mol. The maximum Gasteiger partial charge on any atom is 0.322 e. The van der Waals surface area contributed by atoms with Crippen LogP contribution in [0.25, 0.3) is 11.5 Å². The summed E-state index contributed by atoms with van der Waals surface area (Å²) in [4.78, 5) is 11.4. The number of carbonyl (C=O) groups is 1. The van der Waals surface area contributed by atoms with Gasteiger partial charge < -0.3 is 4.42 Å². The first-order chi connectivity index (χ1) is 8.69. The van der Waals surface area contributed by atoms with E-state index in [-0.39, 0.29) is 11.9 Å². The number of benzene rings is 1. The summed E-state index contributed by atoms with van der Waals surface area (Å²) in [5.41, 5.74) is 0.807. The fourth-order valence-corrected chi connectivity index (χ4v) is 1.66. The molecule has 0 atom stereocenters. The number of halogens is 1. The van der Waals surface area contributed by atoms with Crippen LogP contribution in [0.1, 0.15) is 19.8 Å².